The molecule has 0 saturated carbocycles. The normalized spacial score (nSPS) is 15.9. The Labute approximate surface area is 206 Å². The number of carbonyl (C=O) groups is 2. The zero-order chi connectivity index (χ0) is 25.8. The minimum absolute atomic E-state index is 0.0263. The second kappa shape index (κ2) is 10.9. The Balaban J connectivity index is 1.45. The zero-order valence-electron chi connectivity index (χ0n) is 20.9. The molecular weight excluding hydrogens is 469 g/mol. The summed E-state index contributed by atoms with van der Waals surface area (Å²) in [5.41, 5.74) is 1.27. The van der Waals surface area contributed by atoms with Gasteiger partial charge < -0.3 is 29.8 Å². The number of carbonyl (C=O) groups excluding carboxylic acids is 1. The van der Waals surface area contributed by atoms with E-state index >= 15 is 0 Å². The summed E-state index contributed by atoms with van der Waals surface area (Å²) in [4.78, 5) is 23.9. The van der Waals surface area contributed by atoms with Crippen molar-refractivity contribution < 1.29 is 28.8 Å². The number of para-hydroxylation sites is 1. The molecule has 1 aromatic heterocycles. The van der Waals surface area contributed by atoms with Crippen LogP contribution in [0.2, 0.25) is 18.1 Å². The summed E-state index contributed by atoms with van der Waals surface area (Å²) in [5, 5.41) is 33.8. The average molecular weight is 503 g/mol. The van der Waals surface area contributed by atoms with Gasteiger partial charge in [0.2, 0.25) is 5.91 Å². The van der Waals surface area contributed by atoms with Crippen LogP contribution in [0.3, 0.4) is 0 Å². The zero-order valence-corrected chi connectivity index (χ0v) is 21.9. The van der Waals surface area contributed by atoms with E-state index in [4.69, 9.17) is 9.08 Å². The molecule has 0 saturated heterocycles. The highest BCUT2D eigenvalue weighted by molar-refractivity contribution is 6.74. The molecule has 0 bridgehead atoms. The Kier molecular flexibility index (Phi) is 8.36. The molecule has 1 aromatic carbocycles. The van der Waals surface area contributed by atoms with Crippen molar-refractivity contribution in [3.63, 3.8) is 0 Å². The minimum Gasteiger partial charge on any atom is -0.534 e. The first-order valence-corrected chi connectivity index (χ1v) is 14.5. The Morgan fingerprint density at radius 3 is 2.77 bits per heavy atom. The molecule has 1 aliphatic rings. The lowest BCUT2D eigenvalue weighted by Crippen LogP contribution is -2.53. The van der Waals surface area contributed by atoms with E-state index < -0.39 is 27.3 Å². The Bertz CT molecular complexity index is 1060. The van der Waals surface area contributed by atoms with Crippen molar-refractivity contribution in [1.29, 1.82) is 0 Å². The lowest BCUT2D eigenvalue weighted by Gasteiger charge is -2.36. The maximum atomic E-state index is 12.5. The van der Waals surface area contributed by atoms with Crippen LogP contribution in [0.15, 0.2) is 24.4 Å². The van der Waals surface area contributed by atoms with Gasteiger partial charge in [0, 0.05) is 19.7 Å². The van der Waals surface area contributed by atoms with Crippen molar-refractivity contribution in [3.05, 3.63) is 41.2 Å². The maximum Gasteiger partial charge on any atom is 0.547 e. The van der Waals surface area contributed by atoms with Gasteiger partial charge in [-0.2, -0.15) is 0 Å². The van der Waals surface area contributed by atoms with E-state index in [1.54, 1.807) is 18.3 Å². The van der Waals surface area contributed by atoms with E-state index in [1.807, 2.05) is 0 Å². The second-order valence-corrected chi connectivity index (χ2v) is 15.0. The summed E-state index contributed by atoms with van der Waals surface area (Å²) < 4.78 is 13.0. The number of rotatable bonds is 10. The summed E-state index contributed by atoms with van der Waals surface area (Å²) in [5.74, 6) is -2.11. The number of amides is 1. The molecule has 3 rings (SSSR count). The van der Waals surface area contributed by atoms with Crippen LogP contribution in [0.25, 0.3) is 0 Å². The van der Waals surface area contributed by atoms with Crippen LogP contribution in [0.5, 0.6) is 5.75 Å². The van der Waals surface area contributed by atoms with Crippen LogP contribution in [0, 0.1) is 0 Å². The van der Waals surface area contributed by atoms with Crippen molar-refractivity contribution in [3.8, 4) is 5.75 Å². The monoisotopic (exact) mass is 503 g/mol. The molecule has 35 heavy (non-hydrogen) atoms. The average Bonchev–Trinajstić information content (AvgIpc) is 3.19. The number of carboxylic acids is 1. The predicted octanol–water partition coefficient (Wildman–Crippen LogP) is 1.23. The van der Waals surface area contributed by atoms with Crippen molar-refractivity contribution in [2.24, 2.45) is 0 Å². The van der Waals surface area contributed by atoms with Gasteiger partial charge in [0.05, 0.1) is 23.4 Å². The SMILES string of the molecule is CC(C)(C)[Si](C)(C)OCCNCc1cn(CC(=O)N[C@H]2Cc3cccc(C(=O)O)c3OB2O)nn1. The number of nitrogens with zero attached hydrogens (tertiary/aromatic N) is 3. The fourth-order valence-electron chi connectivity index (χ4n) is 3.42. The number of carboxylic acid groups (broad SMARTS) is 1. The standard InChI is InChI=1S/C22H34BN5O6Si/c1-22(2,3)35(4,5)33-10-9-24-12-16-13-28(27-26-16)14-19(29)25-18-11-15-7-6-8-17(21(30)31)20(15)34-23(18)32/h6-8,13,18,24,32H,9-12,14H2,1-5H3,(H,25,29)(H,30,31)/t18-/m0/s1. The number of hydrogen-bond donors (Lipinski definition) is 4. The van der Waals surface area contributed by atoms with Gasteiger partial charge in [-0.1, -0.05) is 38.1 Å². The fourth-order valence-corrected chi connectivity index (χ4v) is 4.47. The summed E-state index contributed by atoms with van der Waals surface area (Å²) in [6.07, 6.45) is 1.93. The van der Waals surface area contributed by atoms with Crippen molar-refractivity contribution in [1.82, 2.24) is 25.6 Å². The molecule has 4 N–H and O–H groups in total. The van der Waals surface area contributed by atoms with Gasteiger partial charge in [-0.05, 0) is 36.2 Å². The first kappa shape index (κ1) is 26.9. The molecule has 1 atom stereocenters. The molecule has 2 aromatic rings. The number of hydrogen-bond acceptors (Lipinski definition) is 8. The molecule has 0 fully saturated rings. The van der Waals surface area contributed by atoms with Gasteiger partial charge in [0.15, 0.2) is 8.32 Å². The molecular formula is C22H34BN5O6Si. The number of aromatic carboxylic acids is 1. The van der Waals surface area contributed by atoms with Gasteiger partial charge in [-0.25, -0.2) is 9.48 Å². The van der Waals surface area contributed by atoms with E-state index in [9.17, 15) is 19.7 Å². The van der Waals surface area contributed by atoms with Gasteiger partial charge in [-0.3, -0.25) is 4.79 Å². The molecule has 0 unspecified atom stereocenters. The van der Waals surface area contributed by atoms with E-state index in [2.05, 4.69) is 54.8 Å². The molecule has 2 heterocycles. The molecule has 11 nitrogen and oxygen atoms in total. The topological polar surface area (TPSA) is 148 Å². The van der Waals surface area contributed by atoms with E-state index in [0.29, 0.717) is 31.0 Å². The molecule has 0 spiro atoms. The number of benzene rings is 1. The lowest BCUT2D eigenvalue weighted by molar-refractivity contribution is -0.122. The third kappa shape index (κ3) is 6.91. The van der Waals surface area contributed by atoms with Crippen LogP contribution in [-0.4, -0.2) is 71.5 Å². The highest BCUT2D eigenvalue weighted by atomic mass is 28.4. The van der Waals surface area contributed by atoms with Gasteiger partial charge in [0.1, 0.15) is 12.3 Å². The van der Waals surface area contributed by atoms with Crippen LogP contribution in [0.1, 0.15) is 42.4 Å². The summed E-state index contributed by atoms with van der Waals surface area (Å²) in [6, 6.07) is 4.72. The molecule has 1 aliphatic heterocycles. The summed E-state index contributed by atoms with van der Waals surface area (Å²) in [7, 11) is -3.13. The number of nitrogens with one attached hydrogen (secondary N) is 2. The first-order valence-electron chi connectivity index (χ1n) is 11.6. The van der Waals surface area contributed by atoms with Crippen molar-refractivity contribution >= 4 is 27.3 Å². The first-order chi connectivity index (χ1) is 16.4. The number of aromatic nitrogens is 3. The van der Waals surface area contributed by atoms with Gasteiger partial charge in [0.25, 0.3) is 0 Å². The molecule has 0 radical (unpaired) electrons. The van der Waals surface area contributed by atoms with E-state index in [1.165, 1.54) is 10.7 Å². The van der Waals surface area contributed by atoms with Crippen LogP contribution < -0.4 is 15.3 Å². The Morgan fingerprint density at radius 2 is 2.09 bits per heavy atom. The van der Waals surface area contributed by atoms with Crippen LogP contribution in [0.4, 0.5) is 0 Å². The highest BCUT2D eigenvalue weighted by Gasteiger charge is 2.38. The minimum atomic E-state index is -1.77. The molecule has 190 valence electrons. The summed E-state index contributed by atoms with van der Waals surface area (Å²) >= 11 is 0. The van der Waals surface area contributed by atoms with Gasteiger partial charge in [-0.15, -0.1) is 5.10 Å². The molecule has 13 heteroatoms. The molecule has 0 aliphatic carbocycles. The molecule has 1 amide bonds. The Hall–Kier alpha value is -2.74. The van der Waals surface area contributed by atoms with E-state index in [-0.39, 0.29) is 35.2 Å². The fraction of sp³-hybridized carbons (Fsp3) is 0.545. The Morgan fingerprint density at radius 1 is 1.34 bits per heavy atom. The largest absolute Gasteiger partial charge is 0.547 e. The quantitative estimate of drug-likeness (QED) is 0.278. The smallest absolute Gasteiger partial charge is 0.534 e. The van der Waals surface area contributed by atoms with Gasteiger partial charge >= 0.3 is 13.1 Å². The number of fused-ring (bicyclic) bond motifs is 1. The second-order valence-electron chi connectivity index (χ2n) is 10.2. The third-order valence-corrected chi connectivity index (χ3v) is 11.0. The van der Waals surface area contributed by atoms with E-state index in [0.717, 1.165) is 0 Å². The van der Waals surface area contributed by atoms with Crippen molar-refractivity contribution in [2.45, 2.75) is 64.4 Å². The third-order valence-electron chi connectivity index (χ3n) is 6.44. The summed E-state index contributed by atoms with van der Waals surface area (Å²) in [6.45, 7) is 12.8. The predicted molar refractivity (Wildman–Crippen MR) is 133 cm³/mol. The maximum absolute atomic E-state index is 12.5. The highest BCUT2D eigenvalue weighted by Crippen LogP contribution is 2.36. The van der Waals surface area contributed by atoms with Crippen LogP contribution in [-0.2, 0) is 28.7 Å². The lowest BCUT2D eigenvalue weighted by atomic mass is 9.72. The van der Waals surface area contributed by atoms with Crippen molar-refractivity contribution in [2.75, 3.05) is 13.2 Å². The van der Waals surface area contributed by atoms with Crippen LogP contribution >= 0.6 is 0 Å².